The Morgan fingerprint density at radius 3 is 2.82 bits per heavy atom. The largest absolute Gasteiger partial charge is 0.388 e. The molecule has 1 aliphatic rings. The molecule has 1 aliphatic heterocycles. The summed E-state index contributed by atoms with van der Waals surface area (Å²) in [4.78, 5) is 13.6. The monoisotopic (exact) mass is 301 g/mol. The predicted octanol–water partition coefficient (Wildman–Crippen LogP) is 2.19. The number of likely N-dealkylation sites (tertiary alicyclic amines) is 1. The Hall–Kier alpha value is -0.940. The van der Waals surface area contributed by atoms with Crippen LogP contribution in [0.15, 0.2) is 22.7 Å². The van der Waals surface area contributed by atoms with Gasteiger partial charge in [-0.1, -0.05) is 0 Å². The van der Waals surface area contributed by atoms with Gasteiger partial charge in [-0.25, -0.2) is 4.39 Å². The Kier molecular flexibility index (Phi) is 3.23. The highest BCUT2D eigenvalue weighted by atomic mass is 79.9. The molecule has 1 N–H and O–H groups in total. The first-order valence-electron chi connectivity index (χ1n) is 5.36. The zero-order chi connectivity index (χ0) is 12.6. The number of hydrogen-bond acceptors (Lipinski definition) is 2. The van der Waals surface area contributed by atoms with Gasteiger partial charge in [0.15, 0.2) is 0 Å². The topological polar surface area (TPSA) is 40.5 Å². The number of benzene rings is 1. The molecule has 0 aliphatic carbocycles. The fourth-order valence-electron chi connectivity index (χ4n) is 1.93. The van der Waals surface area contributed by atoms with Crippen molar-refractivity contribution in [3.8, 4) is 0 Å². The van der Waals surface area contributed by atoms with E-state index >= 15 is 0 Å². The van der Waals surface area contributed by atoms with Gasteiger partial charge >= 0.3 is 0 Å². The zero-order valence-corrected chi connectivity index (χ0v) is 11.0. The molecule has 1 fully saturated rings. The van der Waals surface area contributed by atoms with E-state index in [-0.39, 0.29) is 5.91 Å². The van der Waals surface area contributed by atoms with E-state index in [1.807, 2.05) is 0 Å². The minimum atomic E-state index is -0.830. The summed E-state index contributed by atoms with van der Waals surface area (Å²) < 4.78 is 13.6. The third-order valence-electron chi connectivity index (χ3n) is 2.91. The molecule has 1 saturated heterocycles. The molecule has 17 heavy (non-hydrogen) atoms. The number of carbonyl (C=O) groups excluding carboxylic acids is 1. The van der Waals surface area contributed by atoms with Crippen molar-refractivity contribution >= 4 is 21.8 Å². The van der Waals surface area contributed by atoms with Crippen LogP contribution in [0, 0.1) is 5.82 Å². The van der Waals surface area contributed by atoms with E-state index in [2.05, 4.69) is 15.9 Å². The maximum Gasteiger partial charge on any atom is 0.254 e. The van der Waals surface area contributed by atoms with Gasteiger partial charge in [0.25, 0.3) is 5.91 Å². The molecular formula is C12H13BrFNO2. The van der Waals surface area contributed by atoms with Gasteiger partial charge in [-0.3, -0.25) is 4.79 Å². The lowest BCUT2D eigenvalue weighted by molar-refractivity contribution is 0.0572. The molecule has 5 heteroatoms. The molecule has 1 atom stereocenters. The van der Waals surface area contributed by atoms with E-state index in [0.29, 0.717) is 29.5 Å². The van der Waals surface area contributed by atoms with Gasteiger partial charge in [0.2, 0.25) is 0 Å². The van der Waals surface area contributed by atoms with Gasteiger partial charge in [-0.15, -0.1) is 0 Å². The van der Waals surface area contributed by atoms with E-state index < -0.39 is 11.4 Å². The molecule has 0 saturated carbocycles. The molecular weight excluding hydrogens is 289 g/mol. The van der Waals surface area contributed by atoms with Crippen molar-refractivity contribution in [1.29, 1.82) is 0 Å². The summed E-state index contributed by atoms with van der Waals surface area (Å²) in [5.41, 5.74) is -0.521. The average molecular weight is 302 g/mol. The highest BCUT2D eigenvalue weighted by Gasteiger charge is 2.34. The Labute approximate surface area is 107 Å². The lowest BCUT2D eigenvalue weighted by Gasteiger charge is -2.19. The van der Waals surface area contributed by atoms with Crippen LogP contribution in [0.4, 0.5) is 4.39 Å². The van der Waals surface area contributed by atoms with Crippen molar-refractivity contribution in [1.82, 2.24) is 4.90 Å². The van der Waals surface area contributed by atoms with Gasteiger partial charge in [0, 0.05) is 18.7 Å². The minimum absolute atomic E-state index is 0.242. The molecule has 2 rings (SSSR count). The van der Waals surface area contributed by atoms with Crippen LogP contribution in [-0.2, 0) is 0 Å². The summed E-state index contributed by atoms with van der Waals surface area (Å²) in [5, 5.41) is 9.78. The second-order valence-corrected chi connectivity index (χ2v) is 5.46. The summed E-state index contributed by atoms with van der Waals surface area (Å²) in [6.07, 6.45) is 0.553. The Bertz CT molecular complexity index is 462. The van der Waals surface area contributed by atoms with Crippen LogP contribution < -0.4 is 0 Å². The van der Waals surface area contributed by atoms with E-state index in [4.69, 9.17) is 0 Å². The Balaban J connectivity index is 2.18. The van der Waals surface area contributed by atoms with Crippen LogP contribution in [0.2, 0.25) is 0 Å². The van der Waals surface area contributed by atoms with Crippen LogP contribution in [0.1, 0.15) is 23.7 Å². The van der Waals surface area contributed by atoms with Crippen molar-refractivity contribution in [2.24, 2.45) is 0 Å². The third-order valence-corrected chi connectivity index (χ3v) is 3.55. The zero-order valence-electron chi connectivity index (χ0n) is 9.41. The second kappa shape index (κ2) is 4.38. The van der Waals surface area contributed by atoms with Gasteiger partial charge in [-0.05, 0) is 47.5 Å². The second-order valence-electron chi connectivity index (χ2n) is 4.60. The summed E-state index contributed by atoms with van der Waals surface area (Å²) in [6, 6.07) is 4.29. The fraction of sp³-hybridized carbons (Fsp3) is 0.417. The van der Waals surface area contributed by atoms with Crippen LogP contribution in [0.5, 0.6) is 0 Å². The first-order valence-corrected chi connectivity index (χ1v) is 6.15. The number of hydrogen-bond donors (Lipinski definition) is 1. The van der Waals surface area contributed by atoms with Crippen molar-refractivity contribution in [3.05, 3.63) is 34.1 Å². The molecule has 1 heterocycles. The maximum absolute atomic E-state index is 13.3. The molecule has 92 valence electrons. The van der Waals surface area contributed by atoms with E-state index in [1.54, 1.807) is 17.9 Å². The van der Waals surface area contributed by atoms with Crippen molar-refractivity contribution in [2.45, 2.75) is 18.9 Å². The lowest BCUT2D eigenvalue weighted by Crippen LogP contribution is -2.33. The van der Waals surface area contributed by atoms with E-state index in [9.17, 15) is 14.3 Å². The summed E-state index contributed by atoms with van der Waals surface area (Å²) in [5.74, 6) is -0.698. The first kappa shape index (κ1) is 12.5. The van der Waals surface area contributed by atoms with Gasteiger partial charge in [0.05, 0.1) is 10.1 Å². The SMILES string of the molecule is CC1(O)CCN(C(=O)c2ccc(Br)c(F)c2)C1. The van der Waals surface area contributed by atoms with Crippen LogP contribution >= 0.6 is 15.9 Å². The Morgan fingerprint density at radius 1 is 1.59 bits per heavy atom. The fourth-order valence-corrected chi connectivity index (χ4v) is 2.18. The number of rotatable bonds is 1. The predicted molar refractivity (Wildman–Crippen MR) is 65.2 cm³/mol. The molecule has 1 aromatic carbocycles. The van der Waals surface area contributed by atoms with Crippen LogP contribution in [-0.4, -0.2) is 34.6 Å². The number of nitrogens with zero attached hydrogens (tertiary/aromatic N) is 1. The number of halogens is 2. The average Bonchev–Trinajstić information content (AvgIpc) is 2.62. The quantitative estimate of drug-likeness (QED) is 0.864. The number of aliphatic hydroxyl groups is 1. The van der Waals surface area contributed by atoms with Crippen LogP contribution in [0.3, 0.4) is 0 Å². The van der Waals surface area contributed by atoms with Gasteiger partial charge < -0.3 is 10.0 Å². The molecule has 1 amide bonds. The molecule has 1 aromatic rings. The number of β-amino-alcohol motifs (C(OH)–C–C–N with tert-alkyl or cyclic N) is 1. The molecule has 0 aromatic heterocycles. The molecule has 1 unspecified atom stereocenters. The minimum Gasteiger partial charge on any atom is -0.388 e. The van der Waals surface area contributed by atoms with Crippen molar-refractivity contribution in [2.75, 3.05) is 13.1 Å². The highest BCUT2D eigenvalue weighted by Crippen LogP contribution is 2.23. The van der Waals surface area contributed by atoms with E-state index in [1.165, 1.54) is 12.1 Å². The van der Waals surface area contributed by atoms with Crippen molar-refractivity contribution in [3.63, 3.8) is 0 Å². The molecule has 0 bridgehead atoms. The van der Waals surface area contributed by atoms with Crippen LogP contribution in [0.25, 0.3) is 0 Å². The molecule has 0 spiro atoms. The normalized spacial score (nSPS) is 24.1. The first-order chi connectivity index (χ1) is 7.89. The molecule has 3 nitrogen and oxygen atoms in total. The van der Waals surface area contributed by atoms with Gasteiger partial charge in [-0.2, -0.15) is 0 Å². The maximum atomic E-state index is 13.3. The number of carbonyl (C=O) groups is 1. The highest BCUT2D eigenvalue weighted by molar-refractivity contribution is 9.10. The smallest absolute Gasteiger partial charge is 0.254 e. The standard InChI is InChI=1S/C12H13BrFNO2/c1-12(17)4-5-15(7-12)11(16)8-2-3-9(13)10(14)6-8/h2-3,6,17H,4-5,7H2,1H3. The molecule has 0 radical (unpaired) electrons. The summed E-state index contributed by atoms with van der Waals surface area (Å²) >= 11 is 3.04. The van der Waals surface area contributed by atoms with Crippen molar-refractivity contribution < 1.29 is 14.3 Å². The lowest BCUT2D eigenvalue weighted by atomic mass is 10.1. The number of amides is 1. The summed E-state index contributed by atoms with van der Waals surface area (Å²) in [7, 11) is 0. The van der Waals surface area contributed by atoms with E-state index in [0.717, 1.165) is 0 Å². The third kappa shape index (κ3) is 2.66. The van der Waals surface area contributed by atoms with Gasteiger partial charge in [0.1, 0.15) is 5.82 Å². The Morgan fingerprint density at radius 2 is 2.29 bits per heavy atom. The summed E-state index contributed by atoms with van der Waals surface area (Å²) in [6.45, 7) is 2.50.